The number of aromatic amines is 1. The minimum atomic E-state index is -0.308. The summed E-state index contributed by atoms with van der Waals surface area (Å²) in [6, 6.07) is 13.0. The van der Waals surface area contributed by atoms with Gasteiger partial charge in [0.05, 0.1) is 13.5 Å². The number of methoxy groups -OCH3 is 1. The molecule has 0 bridgehead atoms. The molecule has 0 saturated carbocycles. The highest BCUT2D eigenvalue weighted by atomic mass is 16.5. The molecule has 0 aliphatic carbocycles. The standard InChI is InChI=1S/C32H39N5O4/c1-5-24(39)9-7-6-8-10-29(32-33-19-30(37-32)22-11-13-23(14-12-22)35-21(3)38)36-31(40)18-26-20(2)34-28-16-15-25(41-4)17-27(26)28/h11-17,19,29,34,37H,5-10,18H2,1-4H3,(H,35,38)(H,36,40)/q+1/t29-/m0/s1. The maximum atomic E-state index is 13.4. The second-order valence-corrected chi connectivity index (χ2v) is 10.4. The number of H-pyrrole nitrogens is 1. The van der Waals surface area contributed by atoms with Crippen LogP contribution in [-0.2, 0) is 20.8 Å². The van der Waals surface area contributed by atoms with Crippen molar-refractivity contribution in [2.45, 2.75) is 71.8 Å². The van der Waals surface area contributed by atoms with E-state index in [2.05, 4.69) is 25.9 Å². The molecule has 4 rings (SSSR count). The Morgan fingerprint density at radius 2 is 1.83 bits per heavy atom. The molecule has 1 atom stereocenters. The first-order valence-electron chi connectivity index (χ1n) is 14.2. The number of carbonyl (C=O) groups is 3. The van der Waals surface area contributed by atoms with Crippen molar-refractivity contribution in [2.75, 3.05) is 12.4 Å². The number of rotatable bonds is 14. The van der Waals surface area contributed by atoms with Crippen molar-refractivity contribution in [3.05, 3.63) is 65.5 Å². The van der Waals surface area contributed by atoms with Crippen LogP contribution in [0.15, 0.2) is 48.7 Å². The molecule has 1 aromatic heterocycles. The number of ether oxygens (including phenoxy) is 1. The van der Waals surface area contributed by atoms with Crippen LogP contribution in [0.3, 0.4) is 0 Å². The number of aliphatic imine (C=N–C) groups is 1. The van der Waals surface area contributed by atoms with Crippen molar-refractivity contribution < 1.29 is 19.1 Å². The molecule has 41 heavy (non-hydrogen) atoms. The number of amides is 2. The van der Waals surface area contributed by atoms with Crippen LogP contribution in [0.4, 0.5) is 5.69 Å². The lowest BCUT2D eigenvalue weighted by atomic mass is 10.0. The van der Waals surface area contributed by atoms with Gasteiger partial charge in [-0.15, -0.1) is 0 Å². The number of aromatic nitrogens is 1. The van der Waals surface area contributed by atoms with E-state index in [9.17, 15) is 14.4 Å². The van der Waals surface area contributed by atoms with E-state index in [4.69, 9.17) is 4.74 Å². The van der Waals surface area contributed by atoms with E-state index in [0.717, 1.165) is 64.1 Å². The number of benzene rings is 2. The molecular formula is C32H39N5O4+. The Bertz CT molecular complexity index is 1470. The Kier molecular flexibility index (Phi) is 9.95. The van der Waals surface area contributed by atoms with Gasteiger partial charge in [-0.3, -0.25) is 14.4 Å². The predicted octanol–water partition coefficient (Wildman–Crippen LogP) is 4.74. The number of nitrogens with one attached hydrogen (secondary N) is 4. The van der Waals surface area contributed by atoms with Crippen LogP contribution >= 0.6 is 0 Å². The van der Waals surface area contributed by atoms with Crippen LogP contribution in [0.5, 0.6) is 5.75 Å². The van der Waals surface area contributed by atoms with Crippen molar-refractivity contribution in [1.29, 1.82) is 0 Å². The zero-order valence-corrected chi connectivity index (χ0v) is 24.2. The van der Waals surface area contributed by atoms with Crippen molar-refractivity contribution in [2.24, 2.45) is 0 Å². The number of aryl methyl sites for hydroxylation is 1. The van der Waals surface area contributed by atoms with Crippen molar-refractivity contribution in [1.82, 2.24) is 20.6 Å². The van der Waals surface area contributed by atoms with Crippen LogP contribution in [0, 0.1) is 6.92 Å². The number of Topliss-reactive ketones (excluding diaryl/α,β-unsaturated/α-hetero) is 1. The molecular weight excluding hydrogens is 518 g/mol. The molecule has 4 N–H and O–H groups in total. The molecule has 1 radical (unpaired) electrons. The SMILES string of the molecule is CCC(=O)CCCCC[C@H](NC(=O)Cc1c(C)[nH]c2ccc(OC)cc12)C1=[N+]C=C(c2ccc(NC(C)=O)cc2)N1. The monoisotopic (exact) mass is 557 g/mol. The normalized spacial score (nSPS) is 13.3. The highest BCUT2D eigenvalue weighted by Crippen LogP contribution is 2.27. The molecule has 9 nitrogen and oxygen atoms in total. The summed E-state index contributed by atoms with van der Waals surface area (Å²) in [6.07, 6.45) is 6.44. The molecule has 0 unspecified atom stereocenters. The number of anilines is 1. The fourth-order valence-corrected chi connectivity index (χ4v) is 5.02. The molecule has 0 spiro atoms. The maximum Gasteiger partial charge on any atom is 0.319 e. The van der Waals surface area contributed by atoms with Gasteiger partial charge in [0.25, 0.3) is 0 Å². The van der Waals surface area contributed by atoms with Crippen LogP contribution in [0.1, 0.15) is 69.2 Å². The van der Waals surface area contributed by atoms with Gasteiger partial charge in [0.2, 0.25) is 11.8 Å². The molecule has 215 valence electrons. The van der Waals surface area contributed by atoms with Gasteiger partial charge in [-0.1, -0.05) is 19.8 Å². The summed E-state index contributed by atoms with van der Waals surface area (Å²) in [6.45, 7) is 5.34. The summed E-state index contributed by atoms with van der Waals surface area (Å²) in [5.41, 5.74) is 5.31. The molecule has 2 heterocycles. The van der Waals surface area contributed by atoms with E-state index in [-0.39, 0.29) is 30.1 Å². The summed E-state index contributed by atoms with van der Waals surface area (Å²) in [7, 11) is 1.63. The number of nitrogens with zero attached hydrogens (tertiary/aromatic N) is 1. The molecule has 0 fully saturated rings. The molecule has 0 saturated heterocycles. The van der Waals surface area contributed by atoms with Crippen LogP contribution in [-0.4, -0.2) is 41.6 Å². The van der Waals surface area contributed by atoms with Gasteiger partial charge in [0.1, 0.15) is 17.6 Å². The van der Waals surface area contributed by atoms with Crippen LogP contribution in [0.2, 0.25) is 0 Å². The van der Waals surface area contributed by atoms with E-state index in [1.165, 1.54) is 6.92 Å². The fourth-order valence-electron chi connectivity index (χ4n) is 5.02. The van der Waals surface area contributed by atoms with Crippen molar-refractivity contribution >= 4 is 45.7 Å². The summed E-state index contributed by atoms with van der Waals surface area (Å²) in [4.78, 5) is 44.4. The molecule has 2 aromatic carbocycles. The smallest absolute Gasteiger partial charge is 0.319 e. The van der Waals surface area contributed by atoms with Crippen LogP contribution < -0.4 is 25.7 Å². The molecule has 1 aliphatic rings. The van der Waals surface area contributed by atoms with E-state index < -0.39 is 0 Å². The van der Waals surface area contributed by atoms with Gasteiger partial charge < -0.3 is 20.4 Å². The Balaban J connectivity index is 1.44. The summed E-state index contributed by atoms with van der Waals surface area (Å²) >= 11 is 0. The highest BCUT2D eigenvalue weighted by molar-refractivity contribution is 6.00. The highest BCUT2D eigenvalue weighted by Gasteiger charge is 2.31. The second-order valence-electron chi connectivity index (χ2n) is 10.4. The number of ketones is 1. The van der Waals surface area contributed by atoms with Crippen LogP contribution in [0.25, 0.3) is 16.6 Å². The quantitative estimate of drug-likeness (QED) is 0.213. The lowest BCUT2D eigenvalue weighted by Gasteiger charge is -2.16. The molecule has 2 amide bonds. The van der Waals surface area contributed by atoms with Gasteiger partial charge in [0.15, 0.2) is 11.9 Å². The van der Waals surface area contributed by atoms with Crippen molar-refractivity contribution in [3.8, 4) is 5.75 Å². The third-order valence-corrected chi connectivity index (χ3v) is 7.28. The third-order valence-electron chi connectivity index (χ3n) is 7.28. The number of unbranched alkanes of at least 4 members (excludes halogenated alkanes) is 2. The van der Waals surface area contributed by atoms with E-state index in [1.807, 2.05) is 56.3 Å². The number of hydrogen-bond acceptors (Lipinski definition) is 6. The first kappa shape index (κ1) is 29.6. The van der Waals surface area contributed by atoms with Gasteiger partial charge in [-0.25, -0.2) is 5.32 Å². The Morgan fingerprint density at radius 3 is 2.54 bits per heavy atom. The Labute approximate surface area is 240 Å². The van der Waals surface area contributed by atoms with Gasteiger partial charge in [-0.05, 0) is 72.8 Å². The molecule has 1 aliphatic heterocycles. The lowest BCUT2D eigenvalue weighted by Crippen LogP contribution is -2.47. The maximum absolute atomic E-state index is 13.4. The number of hydrogen-bond donors (Lipinski definition) is 4. The topological polar surface area (TPSA) is 126 Å². The van der Waals surface area contributed by atoms with E-state index in [0.29, 0.717) is 25.1 Å². The number of carbonyl (C=O) groups excluding carboxylic acids is 3. The molecule has 9 heteroatoms. The molecule has 3 aromatic rings. The minimum Gasteiger partial charge on any atom is -0.497 e. The average molecular weight is 558 g/mol. The van der Waals surface area contributed by atoms with Gasteiger partial charge >= 0.3 is 5.84 Å². The second kappa shape index (κ2) is 13.8. The third kappa shape index (κ3) is 7.84. The fraction of sp³-hybridized carbons (Fsp3) is 0.375. The van der Waals surface area contributed by atoms with E-state index in [1.54, 1.807) is 13.3 Å². The first-order chi connectivity index (χ1) is 19.8. The summed E-state index contributed by atoms with van der Waals surface area (Å²) in [5, 5.41) is 10.3. The Hall–Kier alpha value is -4.40. The number of fused-ring (bicyclic) bond motifs is 1. The first-order valence-corrected chi connectivity index (χ1v) is 14.2. The summed E-state index contributed by atoms with van der Waals surface area (Å²) < 4.78 is 5.40. The number of amidine groups is 1. The average Bonchev–Trinajstić information content (AvgIpc) is 3.56. The minimum absolute atomic E-state index is 0.0967. The zero-order valence-electron chi connectivity index (χ0n) is 24.2. The predicted molar refractivity (Wildman–Crippen MR) is 163 cm³/mol. The largest absolute Gasteiger partial charge is 0.497 e. The van der Waals surface area contributed by atoms with Gasteiger partial charge in [-0.2, -0.15) is 0 Å². The lowest BCUT2D eigenvalue weighted by molar-refractivity contribution is -0.121. The zero-order chi connectivity index (χ0) is 29.4. The summed E-state index contributed by atoms with van der Waals surface area (Å²) in [5.74, 6) is 1.48. The Morgan fingerprint density at radius 1 is 1.05 bits per heavy atom. The van der Waals surface area contributed by atoms with Gasteiger partial charge in [0, 0.05) is 47.6 Å². The van der Waals surface area contributed by atoms with Crippen molar-refractivity contribution in [3.63, 3.8) is 0 Å². The van der Waals surface area contributed by atoms with E-state index >= 15 is 0 Å².